The fraction of sp³-hybridized carbons (Fsp3) is 0.0500. The van der Waals surface area contributed by atoms with Crippen LogP contribution in [0.5, 0.6) is 0 Å². The smallest absolute Gasteiger partial charge is 0.272 e. The minimum Gasteiger partial charge on any atom is -0.381 e. The van der Waals surface area contributed by atoms with Crippen molar-refractivity contribution in [1.29, 1.82) is 0 Å². The van der Waals surface area contributed by atoms with Gasteiger partial charge in [-0.2, -0.15) is 0 Å². The van der Waals surface area contributed by atoms with Crippen LogP contribution in [0, 0.1) is 0 Å². The number of para-hydroxylation sites is 2. The van der Waals surface area contributed by atoms with Gasteiger partial charge >= 0.3 is 0 Å². The van der Waals surface area contributed by atoms with E-state index in [0.29, 0.717) is 17.8 Å². The predicted molar refractivity (Wildman–Crippen MR) is 97.6 cm³/mol. The van der Waals surface area contributed by atoms with E-state index in [1.54, 1.807) is 18.2 Å². The first kappa shape index (κ1) is 15.8. The number of amides is 1. The fourth-order valence-corrected chi connectivity index (χ4v) is 2.42. The topological polar surface area (TPSA) is 58.4 Å². The van der Waals surface area contributed by atoms with Gasteiger partial charge in [0.25, 0.3) is 5.91 Å². The molecule has 4 heteroatoms. The third kappa shape index (κ3) is 3.80. The number of hydrogen-bond donors (Lipinski definition) is 2. The standard InChI is InChI=1S/C20H19N3O/c21-23(19-12-5-2-6-13-19)20(24)17-9-7-8-16(14-17)15-22-18-10-3-1-4-11-18/h1-14,22H,15,21H2. The quantitative estimate of drug-likeness (QED) is 0.427. The maximum atomic E-state index is 12.6. The van der Waals surface area contributed by atoms with Crippen LogP contribution in [0.25, 0.3) is 0 Å². The lowest BCUT2D eigenvalue weighted by molar-refractivity contribution is 0.0987. The van der Waals surface area contributed by atoms with Crippen LogP contribution < -0.4 is 16.2 Å². The zero-order valence-corrected chi connectivity index (χ0v) is 13.2. The van der Waals surface area contributed by atoms with Crippen LogP contribution in [0.2, 0.25) is 0 Å². The third-order valence-corrected chi connectivity index (χ3v) is 3.70. The van der Waals surface area contributed by atoms with E-state index >= 15 is 0 Å². The second kappa shape index (κ2) is 7.44. The van der Waals surface area contributed by atoms with E-state index < -0.39 is 0 Å². The van der Waals surface area contributed by atoms with Gasteiger partial charge < -0.3 is 5.32 Å². The molecule has 3 aromatic carbocycles. The van der Waals surface area contributed by atoms with E-state index in [0.717, 1.165) is 11.3 Å². The molecule has 3 aromatic rings. The number of hydrazine groups is 1. The summed E-state index contributed by atoms with van der Waals surface area (Å²) in [6, 6.07) is 26.6. The molecule has 24 heavy (non-hydrogen) atoms. The summed E-state index contributed by atoms with van der Waals surface area (Å²) in [5, 5.41) is 4.50. The molecule has 3 rings (SSSR count). The molecule has 0 aliphatic heterocycles. The van der Waals surface area contributed by atoms with E-state index in [1.807, 2.05) is 66.7 Å². The summed E-state index contributed by atoms with van der Waals surface area (Å²) in [7, 11) is 0. The lowest BCUT2D eigenvalue weighted by Gasteiger charge is -2.17. The van der Waals surface area contributed by atoms with Gasteiger partial charge in [-0.1, -0.05) is 48.5 Å². The van der Waals surface area contributed by atoms with E-state index in [4.69, 9.17) is 5.84 Å². The van der Waals surface area contributed by atoms with Crippen molar-refractivity contribution in [2.75, 3.05) is 10.3 Å². The van der Waals surface area contributed by atoms with Gasteiger partial charge in [0.05, 0.1) is 5.69 Å². The van der Waals surface area contributed by atoms with Gasteiger partial charge in [-0.05, 0) is 42.0 Å². The first-order valence-corrected chi connectivity index (χ1v) is 7.76. The second-order valence-electron chi connectivity index (χ2n) is 5.43. The van der Waals surface area contributed by atoms with Crippen molar-refractivity contribution in [3.05, 3.63) is 96.1 Å². The molecule has 1 amide bonds. The average molecular weight is 317 g/mol. The molecule has 120 valence electrons. The molecule has 0 aromatic heterocycles. The molecule has 4 nitrogen and oxygen atoms in total. The molecule has 0 saturated carbocycles. The van der Waals surface area contributed by atoms with Gasteiger partial charge in [0.1, 0.15) is 0 Å². The first-order chi connectivity index (χ1) is 11.7. The Labute approximate surface area is 141 Å². The van der Waals surface area contributed by atoms with Crippen molar-refractivity contribution in [2.24, 2.45) is 5.84 Å². The molecule has 0 radical (unpaired) electrons. The number of hydrogen-bond acceptors (Lipinski definition) is 3. The minimum absolute atomic E-state index is 0.234. The van der Waals surface area contributed by atoms with Crippen molar-refractivity contribution in [2.45, 2.75) is 6.54 Å². The third-order valence-electron chi connectivity index (χ3n) is 3.70. The molecule has 0 bridgehead atoms. The van der Waals surface area contributed by atoms with Crippen LogP contribution in [-0.4, -0.2) is 5.91 Å². The Kier molecular flexibility index (Phi) is 4.89. The Hall–Kier alpha value is -3.11. The summed E-state index contributed by atoms with van der Waals surface area (Å²) >= 11 is 0. The first-order valence-electron chi connectivity index (χ1n) is 7.76. The number of carbonyl (C=O) groups is 1. The SMILES string of the molecule is NN(C(=O)c1cccc(CNc2ccccc2)c1)c1ccccc1. The van der Waals surface area contributed by atoms with Crippen LogP contribution in [0.1, 0.15) is 15.9 Å². The van der Waals surface area contributed by atoms with E-state index in [-0.39, 0.29) is 5.91 Å². The van der Waals surface area contributed by atoms with Crippen LogP contribution >= 0.6 is 0 Å². The zero-order chi connectivity index (χ0) is 16.8. The van der Waals surface area contributed by atoms with Gasteiger partial charge in [-0.15, -0.1) is 0 Å². The zero-order valence-electron chi connectivity index (χ0n) is 13.2. The number of nitrogens with one attached hydrogen (secondary N) is 1. The molecule has 0 atom stereocenters. The number of nitrogens with zero attached hydrogens (tertiary/aromatic N) is 1. The normalized spacial score (nSPS) is 10.2. The van der Waals surface area contributed by atoms with E-state index in [2.05, 4.69) is 5.32 Å². The fourth-order valence-electron chi connectivity index (χ4n) is 2.42. The van der Waals surface area contributed by atoms with Crippen LogP contribution in [0.3, 0.4) is 0 Å². The Morgan fingerprint density at radius 1 is 0.875 bits per heavy atom. The van der Waals surface area contributed by atoms with Crippen LogP contribution in [-0.2, 0) is 6.54 Å². The van der Waals surface area contributed by atoms with Gasteiger partial charge in [0, 0.05) is 17.8 Å². The lowest BCUT2D eigenvalue weighted by atomic mass is 10.1. The summed E-state index contributed by atoms with van der Waals surface area (Å²) in [5.74, 6) is 5.72. The highest BCUT2D eigenvalue weighted by atomic mass is 16.2. The molecule has 0 spiro atoms. The molecular formula is C20H19N3O. The molecule has 0 aliphatic rings. The van der Waals surface area contributed by atoms with Crippen LogP contribution in [0.15, 0.2) is 84.9 Å². The molecular weight excluding hydrogens is 298 g/mol. The summed E-state index contributed by atoms with van der Waals surface area (Å²) in [6.07, 6.45) is 0. The van der Waals surface area contributed by atoms with Crippen LogP contribution in [0.4, 0.5) is 11.4 Å². The maximum Gasteiger partial charge on any atom is 0.272 e. The molecule has 0 saturated heterocycles. The highest BCUT2D eigenvalue weighted by Gasteiger charge is 2.14. The number of carbonyl (C=O) groups excluding carboxylic acids is 1. The summed E-state index contributed by atoms with van der Waals surface area (Å²) in [5.41, 5.74) is 3.29. The molecule has 0 fully saturated rings. The Bertz CT molecular complexity index is 803. The highest BCUT2D eigenvalue weighted by molar-refractivity contribution is 6.05. The molecule has 3 N–H and O–H groups in total. The lowest BCUT2D eigenvalue weighted by Crippen LogP contribution is -2.37. The number of nitrogens with two attached hydrogens (primary N) is 1. The molecule has 0 unspecified atom stereocenters. The van der Waals surface area contributed by atoms with E-state index in [9.17, 15) is 4.79 Å². The van der Waals surface area contributed by atoms with Gasteiger partial charge in [0.2, 0.25) is 0 Å². The Morgan fingerprint density at radius 2 is 1.54 bits per heavy atom. The largest absolute Gasteiger partial charge is 0.381 e. The predicted octanol–water partition coefficient (Wildman–Crippen LogP) is 3.82. The molecule has 0 heterocycles. The summed E-state index contributed by atoms with van der Waals surface area (Å²) in [6.45, 7) is 0.640. The van der Waals surface area contributed by atoms with Crippen molar-refractivity contribution < 1.29 is 4.79 Å². The average Bonchev–Trinajstić information content (AvgIpc) is 2.67. The monoisotopic (exact) mass is 317 g/mol. The second-order valence-corrected chi connectivity index (χ2v) is 5.43. The number of anilines is 2. The van der Waals surface area contributed by atoms with Crippen molar-refractivity contribution >= 4 is 17.3 Å². The maximum absolute atomic E-state index is 12.6. The number of benzene rings is 3. The van der Waals surface area contributed by atoms with Crippen molar-refractivity contribution in [3.63, 3.8) is 0 Å². The Morgan fingerprint density at radius 3 is 2.25 bits per heavy atom. The Balaban J connectivity index is 1.71. The molecule has 0 aliphatic carbocycles. The highest BCUT2D eigenvalue weighted by Crippen LogP contribution is 2.15. The van der Waals surface area contributed by atoms with Crippen molar-refractivity contribution in [3.8, 4) is 0 Å². The van der Waals surface area contributed by atoms with Gasteiger partial charge in [-0.3, -0.25) is 4.79 Å². The summed E-state index contributed by atoms with van der Waals surface area (Å²) in [4.78, 5) is 12.6. The van der Waals surface area contributed by atoms with E-state index in [1.165, 1.54) is 5.01 Å². The van der Waals surface area contributed by atoms with Crippen molar-refractivity contribution in [1.82, 2.24) is 0 Å². The summed E-state index contributed by atoms with van der Waals surface area (Å²) < 4.78 is 0. The minimum atomic E-state index is -0.234. The van der Waals surface area contributed by atoms with Gasteiger partial charge in [0.15, 0.2) is 0 Å². The number of rotatable bonds is 5. The van der Waals surface area contributed by atoms with Gasteiger partial charge in [-0.25, -0.2) is 10.9 Å².